The number of nitrogens with two attached hydrogens (primary N) is 2. The normalized spacial score (nSPS) is 14.3. The summed E-state index contributed by atoms with van der Waals surface area (Å²) in [5, 5.41) is 10.2. The van der Waals surface area contributed by atoms with Gasteiger partial charge < -0.3 is 26.0 Å². The van der Waals surface area contributed by atoms with Crippen LogP contribution in [-0.4, -0.2) is 53.4 Å². The van der Waals surface area contributed by atoms with Crippen LogP contribution in [0.4, 0.5) is 11.6 Å². The molecular formula is C11H20N4O3S. The topological polar surface area (TPSA) is 117 Å². The quantitative estimate of drug-likeness (QED) is 0.457. The molecule has 0 aromatic carbocycles. The molecule has 0 amide bonds. The van der Waals surface area contributed by atoms with Gasteiger partial charge in [-0.25, -0.2) is 9.97 Å². The van der Waals surface area contributed by atoms with E-state index in [4.69, 9.17) is 20.9 Å². The Balaban J connectivity index is 2.31. The third-order valence-corrected chi connectivity index (χ3v) is 3.12. The van der Waals surface area contributed by atoms with Crippen LogP contribution in [0.1, 0.15) is 6.92 Å². The molecular weight excluding hydrogens is 268 g/mol. The molecule has 0 spiro atoms. The number of rotatable bonds is 8. The first-order valence-corrected chi connectivity index (χ1v) is 6.81. The predicted octanol–water partition coefficient (Wildman–Crippen LogP) is 0.146. The van der Waals surface area contributed by atoms with E-state index in [9.17, 15) is 5.11 Å². The van der Waals surface area contributed by atoms with Gasteiger partial charge in [0.15, 0.2) is 5.16 Å². The zero-order valence-corrected chi connectivity index (χ0v) is 11.9. The number of ether oxygens (including phenoxy) is 2. The van der Waals surface area contributed by atoms with Gasteiger partial charge in [-0.15, -0.1) is 0 Å². The number of thioether (sulfide) groups is 1. The van der Waals surface area contributed by atoms with E-state index in [2.05, 4.69) is 9.97 Å². The second kappa shape index (κ2) is 8.16. The van der Waals surface area contributed by atoms with Crippen LogP contribution in [0.25, 0.3) is 0 Å². The minimum absolute atomic E-state index is 0.0519. The molecule has 5 N–H and O–H groups in total. The standard InChI is InChI=1S/C11H20N4O3S/c1-7(4-17-2)18-5-8(16)6-19-11-14-9(12)3-10(13)15-11/h3,7-8,16H,4-6H2,1-2H3,(H4,12,13,14,15). The highest BCUT2D eigenvalue weighted by molar-refractivity contribution is 7.99. The number of nitrogens with zero attached hydrogens (tertiary/aromatic N) is 2. The molecule has 2 atom stereocenters. The number of hydrogen-bond acceptors (Lipinski definition) is 8. The van der Waals surface area contributed by atoms with Crippen molar-refractivity contribution in [1.82, 2.24) is 9.97 Å². The van der Waals surface area contributed by atoms with Crippen molar-refractivity contribution < 1.29 is 14.6 Å². The van der Waals surface area contributed by atoms with E-state index in [-0.39, 0.29) is 12.7 Å². The summed E-state index contributed by atoms with van der Waals surface area (Å²) < 4.78 is 10.3. The van der Waals surface area contributed by atoms with Crippen LogP contribution in [0.5, 0.6) is 0 Å². The first-order valence-electron chi connectivity index (χ1n) is 5.82. The van der Waals surface area contributed by atoms with Crippen LogP contribution < -0.4 is 11.5 Å². The van der Waals surface area contributed by atoms with Crippen LogP contribution in [-0.2, 0) is 9.47 Å². The summed E-state index contributed by atoms with van der Waals surface area (Å²) in [5.41, 5.74) is 11.1. The van der Waals surface area contributed by atoms with Gasteiger partial charge in [-0.05, 0) is 6.92 Å². The van der Waals surface area contributed by atoms with Crippen molar-refractivity contribution in [2.24, 2.45) is 0 Å². The Morgan fingerprint density at radius 1 is 1.32 bits per heavy atom. The lowest BCUT2D eigenvalue weighted by Crippen LogP contribution is -2.24. The molecule has 0 aliphatic heterocycles. The molecule has 1 aromatic heterocycles. The molecule has 0 saturated carbocycles. The molecule has 7 nitrogen and oxygen atoms in total. The van der Waals surface area contributed by atoms with Crippen molar-refractivity contribution in [3.05, 3.63) is 6.07 Å². The van der Waals surface area contributed by atoms with E-state index >= 15 is 0 Å². The van der Waals surface area contributed by atoms with Crippen LogP contribution in [0.15, 0.2) is 11.2 Å². The van der Waals surface area contributed by atoms with Crippen molar-refractivity contribution in [1.29, 1.82) is 0 Å². The summed E-state index contributed by atoms with van der Waals surface area (Å²) in [7, 11) is 1.60. The van der Waals surface area contributed by atoms with Gasteiger partial charge in [-0.1, -0.05) is 11.8 Å². The molecule has 0 aliphatic rings. The minimum Gasteiger partial charge on any atom is -0.390 e. The maximum Gasteiger partial charge on any atom is 0.191 e. The molecule has 0 fully saturated rings. The van der Waals surface area contributed by atoms with Gasteiger partial charge >= 0.3 is 0 Å². The SMILES string of the molecule is COCC(C)OCC(O)CSc1nc(N)cc(N)n1. The lowest BCUT2D eigenvalue weighted by molar-refractivity contribution is -0.0257. The molecule has 2 unspecified atom stereocenters. The van der Waals surface area contributed by atoms with Gasteiger partial charge in [0.25, 0.3) is 0 Å². The zero-order valence-electron chi connectivity index (χ0n) is 11.1. The van der Waals surface area contributed by atoms with Crippen molar-refractivity contribution >= 4 is 23.4 Å². The van der Waals surface area contributed by atoms with Gasteiger partial charge in [0.05, 0.1) is 25.4 Å². The fourth-order valence-electron chi connectivity index (χ4n) is 1.30. The molecule has 1 aromatic rings. The molecule has 1 heterocycles. The summed E-state index contributed by atoms with van der Waals surface area (Å²) >= 11 is 1.28. The first kappa shape index (κ1) is 16.0. The largest absolute Gasteiger partial charge is 0.390 e. The lowest BCUT2D eigenvalue weighted by Gasteiger charge is -2.15. The third-order valence-electron chi connectivity index (χ3n) is 2.12. The maximum atomic E-state index is 9.76. The number of hydrogen-bond donors (Lipinski definition) is 3. The molecule has 0 bridgehead atoms. The number of methoxy groups -OCH3 is 1. The van der Waals surface area contributed by atoms with Crippen molar-refractivity contribution in [3.63, 3.8) is 0 Å². The van der Waals surface area contributed by atoms with E-state index in [0.29, 0.717) is 29.2 Å². The first-order chi connectivity index (χ1) is 9.01. The second-order valence-corrected chi connectivity index (χ2v) is 5.05. The molecule has 0 aliphatic carbocycles. The van der Waals surface area contributed by atoms with Crippen LogP contribution in [0, 0.1) is 0 Å². The third kappa shape index (κ3) is 6.58. The molecule has 19 heavy (non-hydrogen) atoms. The van der Waals surface area contributed by atoms with Gasteiger partial charge in [-0.3, -0.25) is 0 Å². The monoisotopic (exact) mass is 288 g/mol. The highest BCUT2D eigenvalue weighted by Gasteiger charge is 2.10. The smallest absolute Gasteiger partial charge is 0.191 e. The second-order valence-electron chi connectivity index (χ2n) is 4.06. The summed E-state index contributed by atoms with van der Waals surface area (Å²) in [6, 6.07) is 1.48. The summed E-state index contributed by atoms with van der Waals surface area (Å²) in [6.07, 6.45) is -0.667. The van der Waals surface area contributed by atoms with Crippen molar-refractivity contribution in [2.75, 3.05) is 37.5 Å². The van der Waals surface area contributed by atoms with Crippen LogP contribution >= 0.6 is 11.8 Å². The maximum absolute atomic E-state index is 9.76. The number of nitrogen functional groups attached to an aromatic ring is 2. The number of aliphatic hydroxyl groups is 1. The number of anilines is 2. The van der Waals surface area contributed by atoms with Crippen LogP contribution in [0.3, 0.4) is 0 Å². The highest BCUT2D eigenvalue weighted by atomic mass is 32.2. The summed E-state index contributed by atoms with van der Waals surface area (Å²) in [6.45, 7) is 2.61. The average Bonchev–Trinajstić information content (AvgIpc) is 2.33. The van der Waals surface area contributed by atoms with E-state index in [1.807, 2.05) is 6.92 Å². The highest BCUT2D eigenvalue weighted by Crippen LogP contribution is 2.17. The van der Waals surface area contributed by atoms with E-state index in [1.165, 1.54) is 17.8 Å². The zero-order chi connectivity index (χ0) is 14.3. The van der Waals surface area contributed by atoms with Crippen molar-refractivity contribution in [2.45, 2.75) is 24.3 Å². The lowest BCUT2D eigenvalue weighted by atomic mass is 10.4. The Morgan fingerprint density at radius 3 is 2.53 bits per heavy atom. The Morgan fingerprint density at radius 2 is 1.95 bits per heavy atom. The van der Waals surface area contributed by atoms with E-state index < -0.39 is 6.10 Å². The molecule has 1 rings (SSSR count). The van der Waals surface area contributed by atoms with E-state index in [1.54, 1.807) is 7.11 Å². The predicted molar refractivity (Wildman–Crippen MR) is 74.9 cm³/mol. The Labute approximate surface area is 116 Å². The van der Waals surface area contributed by atoms with E-state index in [0.717, 1.165) is 0 Å². The van der Waals surface area contributed by atoms with Gasteiger partial charge in [0.2, 0.25) is 0 Å². The molecule has 0 saturated heterocycles. The summed E-state index contributed by atoms with van der Waals surface area (Å²) in [5.74, 6) is 1.03. The summed E-state index contributed by atoms with van der Waals surface area (Å²) in [4.78, 5) is 8.02. The Bertz CT molecular complexity index is 374. The minimum atomic E-state index is -0.615. The Hall–Kier alpha value is -1.09. The van der Waals surface area contributed by atoms with Gasteiger partial charge in [-0.2, -0.15) is 0 Å². The fraction of sp³-hybridized carbons (Fsp3) is 0.636. The van der Waals surface area contributed by atoms with Gasteiger partial charge in [0.1, 0.15) is 11.6 Å². The number of aliphatic hydroxyl groups excluding tert-OH is 1. The van der Waals surface area contributed by atoms with Gasteiger partial charge in [0, 0.05) is 18.9 Å². The Kier molecular flexibility index (Phi) is 6.85. The average molecular weight is 288 g/mol. The van der Waals surface area contributed by atoms with Crippen LogP contribution in [0.2, 0.25) is 0 Å². The molecule has 8 heteroatoms. The molecule has 108 valence electrons. The molecule has 0 radical (unpaired) electrons. The number of aromatic nitrogens is 2. The fourth-order valence-corrected chi connectivity index (χ4v) is 2.08. The van der Waals surface area contributed by atoms with Crippen molar-refractivity contribution in [3.8, 4) is 0 Å².